The number of aliphatic imine (C=N–C) groups is 1. The van der Waals surface area contributed by atoms with Crippen LogP contribution < -0.4 is 5.73 Å². The van der Waals surface area contributed by atoms with E-state index in [4.69, 9.17) is 5.73 Å². The van der Waals surface area contributed by atoms with E-state index in [9.17, 15) is 0 Å². The number of hydrogen-bond acceptors (Lipinski definition) is 2. The molecule has 0 aliphatic carbocycles. The van der Waals surface area contributed by atoms with Gasteiger partial charge in [-0.3, -0.25) is 9.89 Å². The van der Waals surface area contributed by atoms with E-state index < -0.39 is 0 Å². The van der Waals surface area contributed by atoms with E-state index in [2.05, 4.69) is 35.6 Å². The Morgan fingerprint density at radius 2 is 1.88 bits per heavy atom. The molecule has 2 N–H and O–H groups in total. The highest BCUT2D eigenvalue weighted by atomic mass is 15.3. The largest absolute Gasteiger partial charge is 0.370 e. The summed E-state index contributed by atoms with van der Waals surface area (Å²) in [6, 6.07) is 0. The van der Waals surface area contributed by atoms with Crippen molar-refractivity contribution < 1.29 is 0 Å². The van der Waals surface area contributed by atoms with Gasteiger partial charge in [-0.1, -0.05) is 20.8 Å². The Hall–Kier alpha value is -0.770. The van der Waals surface area contributed by atoms with Gasteiger partial charge >= 0.3 is 0 Å². The average molecular weight is 226 g/mol. The van der Waals surface area contributed by atoms with Crippen molar-refractivity contribution in [2.24, 2.45) is 16.6 Å². The minimum atomic E-state index is 0.728. The predicted octanol–water partition coefficient (Wildman–Crippen LogP) is 0.985. The molecule has 1 aliphatic heterocycles. The standard InChI is InChI=1S/C12H26N4/c1-4-5-14-12(13)16-8-6-15(7-9-16)10-11(2)3/h11H,4-10H2,1-3H3,(H2,13,14). The fourth-order valence-corrected chi connectivity index (χ4v) is 2.00. The Balaban J connectivity index is 2.31. The summed E-state index contributed by atoms with van der Waals surface area (Å²) < 4.78 is 0. The molecule has 1 saturated heterocycles. The zero-order valence-corrected chi connectivity index (χ0v) is 10.9. The third kappa shape index (κ3) is 4.39. The van der Waals surface area contributed by atoms with Gasteiger partial charge in [-0.05, 0) is 12.3 Å². The van der Waals surface area contributed by atoms with Crippen molar-refractivity contribution in [3.05, 3.63) is 0 Å². The van der Waals surface area contributed by atoms with E-state index in [-0.39, 0.29) is 0 Å². The van der Waals surface area contributed by atoms with Gasteiger partial charge in [0.2, 0.25) is 0 Å². The van der Waals surface area contributed by atoms with Crippen LogP contribution in [0.2, 0.25) is 0 Å². The summed E-state index contributed by atoms with van der Waals surface area (Å²) in [4.78, 5) is 9.06. The first-order valence-electron chi connectivity index (χ1n) is 6.40. The highest BCUT2D eigenvalue weighted by Crippen LogP contribution is 2.04. The van der Waals surface area contributed by atoms with Crippen molar-refractivity contribution in [2.75, 3.05) is 39.3 Å². The average Bonchev–Trinajstić information content (AvgIpc) is 2.26. The smallest absolute Gasteiger partial charge is 0.191 e. The maximum Gasteiger partial charge on any atom is 0.191 e. The molecule has 0 spiro atoms. The first-order chi connectivity index (χ1) is 7.63. The maximum atomic E-state index is 5.94. The van der Waals surface area contributed by atoms with Crippen LogP contribution in [0.4, 0.5) is 0 Å². The van der Waals surface area contributed by atoms with Gasteiger partial charge < -0.3 is 10.6 Å². The van der Waals surface area contributed by atoms with E-state index in [0.717, 1.165) is 51.0 Å². The van der Waals surface area contributed by atoms with Gasteiger partial charge in [-0.15, -0.1) is 0 Å². The van der Waals surface area contributed by atoms with Crippen LogP contribution in [0.1, 0.15) is 27.2 Å². The summed E-state index contributed by atoms with van der Waals surface area (Å²) >= 11 is 0. The van der Waals surface area contributed by atoms with Gasteiger partial charge in [-0.25, -0.2) is 0 Å². The van der Waals surface area contributed by atoms with Crippen molar-refractivity contribution >= 4 is 5.96 Å². The fourth-order valence-electron chi connectivity index (χ4n) is 2.00. The number of nitrogens with zero attached hydrogens (tertiary/aromatic N) is 3. The third-order valence-electron chi connectivity index (χ3n) is 2.82. The van der Waals surface area contributed by atoms with Crippen molar-refractivity contribution in [3.8, 4) is 0 Å². The fraction of sp³-hybridized carbons (Fsp3) is 0.917. The summed E-state index contributed by atoms with van der Waals surface area (Å²) in [5, 5.41) is 0. The molecule has 0 atom stereocenters. The van der Waals surface area contributed by atoms with Crippen LogP contribution in [0.3, 0.4) is 0 Å². The summed E-state index contributed by atoms with van der Waals surface area (Å²) in [7, 11) is 0. The lowest BCUT2D eigenvalue weighted by molar-refractivity contribution is 0.165. The molecule has 1 fully saturated rings. The highest BCUT2D eigenvalue weighted by molar-refractivity contribution is 5.78. The Morgan fingerprint density at radius 1 is 1.25 bits per heavy atom. The van der Waals surface area contributed by atoms with E-state index in [1.54, 1.807) is 0 Å². The Labute approximate surface area is 99.5 Å². The molecule has 0 amide bonds. The second kappa shape index (κ2) is 6.74. The van der Waals surface area contributed by atoms with E-state index >= 15 is 0 Å². The second-order valence-corrected chi connectivity index (χ2v) is 4.92. The molecule has 0 saturated carbocycles. The molecule has 1 heterocycles. The minimum Gasteiger partial charge on any atom is -0.370 e. The zero-order chi connectivity index (χ0) is 12.0. The molecule has 0 bridgehead atoms. The molecule has 0 aromatic rings. The van der Waals surface area contributed by atoms with Gasteiger partial charge in [0.05, 0.1) is 0 Å². The number of hydrogen-bond donors (Lipinski definition) is 1. The zero-order valence-electron chi connectivity index (χ0n) is 10.9. The molecule has 4 heteroatoms. The second-order valence-electron chi connectivity index (χ2n) is 4.92. The van der Waals surface area contributed by atoms with Crippen LogP contribution in [0.5, 0.6) is 0 Å². The molecule has 1 rings (SSSR count). The van der Waals surface area contributed by atoms with Crippen LogP contribution in [0, 0.1) is 5.92 Å². The van der Waals surface area contributed by atoms with Gasteiger partial charge in [0.25, 0.3) is 0 Å². The molecule has 0 aromatic carbocycles. The monoisotopic (exact) mass is 226 g/mol. The molecule has 94 valence electrons. The molecule has 0 radical (unpaired) electrons. The molecule has 16 heavy (non-hydrogen) atoms. The van der Waals surface area contributed by atoms with Crippen molar-refractivity contribution in [1.82, 2.24) is 9.80 Å². The van der Waals surface area contributed by atoms with Gasteiger partial charge in [0.15, 0.2) is 5.96 Å². The first kappa shape index (κ1) is 13.3. The number of nitrogens with two attached hydrogens (primary N) is 1. The molecular weight excluding hydrogens is 200 g/mol. The van der Waals surface area contributed by atoms with Gasteiger partial charge in [0.1, 0.15) is 0 Å². The third-order valence-corrected chi connectivity index (χ3v) is 2.82. The van der Waals surface area contributed by atoms with Crippen LogP contribution >= 0.6 is 0 Å². The summed E-state index contributed by atoms with van der Waals surface area (Å²) in [6.07, 6.45) is 1.06. The number of piperazine rings is 1. The Morgan fingerprint density at radius 3 is 2.38 bits per heavy atom. The van der Waals surface area contributed by atoms with Crippen molar-refractivity contribution in [3.63, 3.8) is 0 Å². The number of rotatable bonds is 4. The highest BCUT2D eigenvalue weighted by Gasteiger charge is 2.18. The van der Waals surface area contributed by atoms with Crippen LogP contribution in [-0.4, -0.2) is 55.0 Å². The van der Waals surface area contributed by atoms with Crippen LogP contribution in [0.15, 0.2) is 4.99 Å². The topological polar surface area (TPSA) is 44.9 Å². The van der Waals surface area contributed by atoms with Crippen molar-refractivity contribution in [2.45, 2.75) is 27.2 Å². The maximum absolute atomic E-state index is 5.94. The van der Waals surface area contributed by atoms with E-state index in [0.29, 0.717) is 0 Å². The first-order valence-corrected chi connectivity index (χ1v) is 6.40. The number of guanidine groups is 1. The molecular formula is C12H26N4. The quantitative estimate of drug-likeness (QED) is 0.574. The lowest BCUT2D eigenvalue weighted by Crippen LogP contribution is -2.51. The molecule has 1 aliphatic rings. The van der Waals surface area contributed by atoms with Gasteiger partial charge in [-0.2, -0.15) is 0 Å². The lowest BCUT2D eigenvalue weighted by Gasteiger charge is -2.36. The molecule has 0 aromatic heterocycles. The van der Waals surface area contributed by atoms with Crippen LogP contribution in [0.25, 0.3) is 0 Å². The van der Waals surface area contributed by atoms with Crippen molar-refractivity contribution in [1.29, 1.82) is 0 Å². The SMILES string of the molecule is CCCN=C(N)N1CCN(CC(C)C)CC1. The molecule has 4 nitrogen and oxygen atoms in total. The normalized spacial score (nSPS) is 19.5. The summed E-state index contributed by atoms with van der Waals surface area (Å²) in [5.41, 5.74) is 5.94. The van der Waals surface area contributed by atoms with E-state index in [1.165, 1.54) is 6.54 Å². The summed E-state index contributed by atoms with van der Waals surface area (Å²) in [5.74, 6) is 1.48. The summed E-state index contributed by atoms with van der Waals surface area (Å²) in [6.45, 7) is 13.0. The predicted molar refractivity (Wildman–Crippen MR) is 69.6 cm³/mol. The Bertz CT molecular complexity index is 217. The van der Waals surface area contributed by atoms with Gasteiger partial charge in [0, 0.05) is 39.3 Å². The minimum absolute atomic E-state index is 0.728. The van der Waals surface area contributed by atoms with E-state index in [1.807, 2.05) is 0 Å². The molecule has 0 unspecified atom stereocenters. The Kier molecular flexibility index (Phi) is 5.60. The lowest BCUT2D eigenvalue weighted by atomic mass is 10.2. The van der Waals surface area contributed by atoms with Crippen LogP contribution in [-0.2, 0) is 0 Å².